The Morgan fingerprint density at radius 3 is 2.34 bits per heavy atom. The summed E-state index contributed by atoms with van der Waals surface area (Å²) in [4.78, 5) is 17.1. The molecule has 32 heavy (non-hydrogen) atoms. The lowest BCUT2D eigenvalue weighted by atomic mass is 9.74. The van der Waals surface area contributed by atoms with Gasteiger partial charge in [0.25, 0.3) is 0 Å². The summed E-state index contributed by atoms with van der Waals surface area (Å²) in [5, 5.41) is 13.2. The van der Waals surface area contributed by atoms with E-state index in [0.717, 1.165) is 37.1 Å². The number of hydrogen-bond acceptors (Lipinski definition) is 3. The highest BCUT2D eigenvalue weighted by molar-refractivity contribution is 5.74. The lowest BCUT2D eigenvalue weighted by molar-refractivity contribution is -0.0591. The van der Waals surface area contributed by atoms with Crippen LogP contribution in [0.3, 0.4) is 0 Å². The van der Waals surface area contributed by atoms with Crippen LogP contribution in [0.4, 0.5) is 4.79 Å². The maximum atomic E-state index is 12.7. The molecule has 2 N–H and O–H groups in total. The number of urea groups is 1. The van der Waals surface area contributed by atoms with Crippen molar-refractivity contribution in [2.45, 2.75) is 50.7 Å². The molecule has 168 valence electrons. The monoisotopic (exact) mass is 431 g/mol. The molecule has 3 atom stereocenters. The number of rotatable bonds is 3. The Bertz CT molecular complexity index is 962. The van der Waals surface area contributed by atoms with Crippen LogP contribution in [0.2, 0.25) is 0 Å². The predicted molar refractivity (Wildman–Crippen MR) is 127 cm³/mol. The van der Waals surface area contributed by atoms with Crippen molar-refractivity contribution in [2.75, 3.05) is 26.2 Å². The number of nitrogens with one attached hydrogen (secondary N) is 1. The number of nitrogens with zero attached hydrogens (tertiary/aromatic N) is 2. The van der Waals surface area contributed by atoms with E-state index in [9.17, 15) is 9.90 Å². The van der Waals surface area contributed by atoms with Gasteiger partial charge in [-0.1, -0.05) is 42.2 Å². The molecule has 0 radical (unpaired) electrons. The molecule has 0 aromatic heterocycles. The summed E-state index contributed by atoms with van der Waals surface area (Å²) in [6, 6.07) is 18.8. The Morgan fingerprint density at radius 2 is 1.69 bits per heavy atom. The minimum absolute atomic E-state index is 0.0135. The average molecular weight is 432 g/mol. The molecule has 0 unspecified atom stereocenters. The Labute approximate surface area is 191 Å². The zero-order valence-electron chi connectivity index (χ0n) is 19.0. The molecular formula is C27H33N3O2. The molecule has 0 aliphatic carbocycles. The highest BCUT2D eigenvalue weighted by Crippen LogP contribution is 2.41. The number of carbonyl (C=O) groups is 1. The van der Waals surface area contributed by atoms with Gasteiger partial charge in [-0.15, -0.1) is 0 Å². The normalized spacial score (nSPS) is 23.2. The molecule has 2 saturated heterocycles. The lowest BCUT2D eigenvalue weighted by Gasteiger charge is -2.57. The molecule has 5 heteroatoms. The van der Waals surface area contributed by atoms with Gasteiger partial charge in [-0.3, -0.25) is 4.90 Å². The van der Waals surface area contributed by atoms with Crippen molar-refractivity contribution in [1.82, 2.24) is 15.1 Å². The zero-order chi connectivity index (χ0) is 22.5. The third-order valence-corrected chi connectivity index (χ3v) is 6.49. The maximum absolute atomic E-state index is 12.7. The van der Waals surface area contributed by atoms with Crippen LogP contribution in [-0.2, 0) is 0 Å². The molecule has 4 rings (SSSR count). The van der Waals surface area contributed by atoms with Crippen molar-refractivity contribution in [3.63, 3.8) is 0 Å². The molecule has 2 aromatic carbocycles. The van der Waals surface area contributed by atoms with E-state index in [1.807, 2.05) is 49.1 Å². The fourth-order valence-electron chi connectivity index (χ4n) is 4.92. The number of hydrogen-bond donors (Lipinski definition) is 2. The van der Waals surface area contributed by atoms with Crippen molar-refractivity contribution >= 4 is 6.03 Å². The van der Waals surface area contributed by atoms with Gasteiger partial charge in [0.2, 0.25) is 0 Å². The summed E-state index contributed by atoms with van der Waals surface area (Å²) in [6.07, 6.45) is 2.03. The van der Waals surface area contributed by atoms with Crippen molar-refractivity contribution < 1.29 is 9.90 Å². The van der Waals surface area contributed by atoms with Gasteiger partial charge in [0.15, 0.2) is 0 Å². The Kier molecular flexibility index (Phi) is 7.14. The number of fused-ring (bicyclic) bond motifs is 1. The second-order valence-corrected chi connectivity index (χ2v) is 9.08. The molecule has 2 aromatic rings. The topological polar surface area (TPSA) is 55.8 Å². The summed E-state index contributed by atoms with van der Waals surface area (Å²) >= 11 is 0. The summed E-state index contributed by atoms with van der Waals surface area (Å²) < 4.78 is 0. The van der Waals surface area contributed by atoms with Crippen molar-refractivity contribution in [1.29, 1.82) is 0 Å². The van der Waals surface area contributed by atoms with E-state index in [2.05, 4.69) is 46.3 Å². The minimum Gasteiger partial charge on any atom is -0.395 e. The van der Waals surface area contributed by atoms with Crippen LogP contribution >= 0.6 is 0 Å². The summed E-state index contributed by atoms with van der Waals surface area (Å²) in [5.41, 5.74) is 3.19. The fraction of sp³-hybridized carbons (Fsp3) is 0.444. The van der Waals surface area contributed by atoms with Crippen molar-refractivity contribution in [2.24, 2.45) is 0 Å². The van der Waals surface area contributed by atoms with Crippen molar-refractivity contribution in [3.8, 4) is 11.8 Å². The van der Waals surface area contributed by atoms with E-state index in [4.69, 9.17) is 0 Å². The third-order valence-electron chi connectivity index (χ3n) is 6.49. The average Bonchev–Trinajstić information content (AvgIpc) is 2.77. The van der Waals surface area contributed by atoms with Gasteiger partial charge in [-0.2, -0.15) is 0 Å². The summed E-state index contributed by atoms with van der Waals surface area (Å²) in [6.45, 7) is 6.57. The van der Waals surface area contributed by atoms with Crippen LogP contribution in [0.25, 0.3) is 0 Å². The number of amides is 2. The molecular weight excluding hydrogens is 398 g/mol. The first-order chi connectivity index (χ1) is 15.6. The molecule has 0 spiro atoms. The number of carbonyl (C=O) groups excluding carboxylic acids is 1. The summed E-state index contributed by atoms with van der Waals surface area (Å²) in [5.74, 6) is 6.65. The van der Waals surface area contributed by atoms with Crippen LogP contribution in [0.15, 0.2) is 54.6 Å². The molecule has 2 amide bonds. The van der Waals surface area contributed by atoms with E-state index < -0.39 is 0 Å². The van der Waals surface area contributed by atoms with Gasteiger partial charge >= 0.3 is 6.03 Å². The Balaban J connectivity index is 1.51. The summed E-state index contributed by atoms with van der Waals surface area (Å²) in [7, 11) is 0. The number of aliphatic hydroxyl groups is 1. The van der Waals surface area contributed by atoms with Crippen LogP contribution in [0.5, 0.6) is 0 Å². The Morgan fingerprint density at radius 1 is 1.03 bits per heavy atom. The van der Waals surface area contributed by atoms with Crippen LogP contribution < -0.4 is 5.32 Å². The first-order valence-electron chi connectivity index (χ1n) is 11.7. The van der Waals surface area contributed by atoms with Gasteiger partial charge in [0.05, 0.1) is 6.61 Å². The Hall–Kier alpha value is -2.81. The first-order valence-corrected chi connectivity index (χ1v) is 11.7. The van der Waals surface area contributed by atoms with E-state index >= 15 is 0 Å². The highest BCUT2D eigenvalue weighted by atomic mass is 16.3. The van der Waals surface area contributed by atoms with E-state index in [1.165, 1.54) is 5.56 Å². The molecule has 2 heterocycles. The molecule has 0 saturated carbocycles. The minimum atomic E-state index is 0.0135. The SMILES string of the molecule is CC(C)NC(=O)N1CCCCN2[C@H](C1)[C@H](c1ccc(C#Cc3ccccc3)cc1)[C@@H]2CO. The van der Waals surface area contributed by atoms with Crippen LogP contribution in [-0.4, -0.2) is 65.3 Å². The standard InChI is InChI=1S/C27H33N3O2/c1-20(2)28-27(32)29-16-6-7-17-30-24(18-29)26(25(30)19-31)23-14-12-22(13-15-23)11-10-21-8-4-3-5-9-21/h3-5,8-9,12-15,20,24-26,31H,6-7,16-19H2,1-2H3,(H,28,32)/t24-,25+,26+/m1/s1. The van der Waals surface area contributed by atoms with E-state index in [0.29, 0.717) is 6.54 Å². The molecule has 2 fully saturated rings. The van der Waals surface area contributed by atoms with Gasteiger partial charge in [-0.25, -0.2) is 4.79 Å². The van der Waals surface area contributed by atoms with Crippen LogP contribution in [0.1, 0.15) is 49.3 Å². The second kappa shape index (κ2) is 10.2. The van der Waals surface area contributed by atoms with Crippen LogP contribution in [0, 0.1) is 11.8 Å². The zero-order valence-corrected chi connectivity index (χ0v) is 19.0. The van der Waals surface area contributed by atoms with E-state index in [1.54, 1.807) is 0 Å². The number of aliphatic hydroxyl groups excluding tert-OH is 1. The van der Waals surface area contributed by atoms with Crippen molar-refractivity contribution in [3.05, 3.63) is 71.3 Å². The molecule has 2 aliphatic rings. The van der Waals surface area contributed by atoms with Gasteiger partial charge in [0, 0.05) is 48.3 Å². The fourth-order valence-corrected chi connectivity index (χ4v) is 4.92. The molecule has 2 aliphatic heterocycles. The lowest BCUT2D eigenvalue weighted by Crippen LogP contribution is -2.68. The first kappa shape index (κ1) is 22.4. The second-order valence-electron chi connectivity index (χ2n) is 9.08. The third kappa shape index (κ3) is 4.98. The van der Waals surface area contributed by atoms with Gasteiger partial charge in [-0.05, 0) is 63.1 Å². The predicted octanol–water partition coefficient (Wildman–Crippen LogP) is 3.43. The van der Waals surface area contributed by atoms with Gasteiger partial charge in [0.1, 0.15) is 0 Å². The van der Waals surface area contributed by atoms with E-state index in [-0.39, 0.29) is 36.7 Å². The smallest absolute Gasteiger partial charge is 0.317 e. The quantitative estimate of drug-likeness (QED) is 0.732. The molecule has 5 nitrogen and oxygen atoms in total. The number of benzene rings is 2. The van der Waals surface area contributed by atoms with Gasteiger partial charge < -0.3 is 15.3 Å². The maximum Gasteiger partial charge on any atom is 0.317 e. The largest absolute Gasteiger partial charge is 0.395 e. The molecule has 0 bridgehead atoms. The highest BCUT2D eigenvalue weighted by Gasteiger charge is 2.49.